The van der Waals surface area contributed by atoms with Crippen molar-refractivity contribution in [3.8, 4) is 0 Å². The molecule has 0 aliphatic heterocycles. The molecule has 1 N–H and O–H groups in total. The van der Waals surface area contributed by atoms with Gasteiger partial charge in [0.1, 0.15) is 11.9 Å². The highest BCUT2D eigenvalue weighted by Crippen LogP contribution is 2.18. The summed E-state index contributed by atoms with van der Waals surface area (Å²) in [6, 6.07) is 15.2. The van der Waals surface area contributed by atoms with Crippen molar-refractivity contribution in [2.75, 3.05) is 0 Å². The predicted octanol–water partition coefficient (Wildman–Crippen LogP) is 4.23. The fourth-order valence-corrected chi connectivity index (χ4v) is 3.81. The molecule has 29 heavy (non-hydrogen) atoms. The standard InChI is InChI=1S/C24H29FN2O2/c1-18(24(29)26-22-10-6-3-7-11-22)27(17-20-8-4-2-5-9-20)23(28)16-19-12-14-21(25)15-13-19/h2,4-5,8-9,12-15,18,22H,3,6-7,10-11,16-17H2,1H3,(H,26,29). The maximum Gasteiger partial charge on any atom is 0.242 e. The van der Waals surface area contributed by atoms with Gasteiger partial charge in [0.15, 0.2) is 0 Å². The predicted molar refractivity (Wildman–Crippen MR) is 112 cm³/mol. The summed E-state index contributed by atoms with van der Waals surface area (Å²) >= 11 is 0. The van der Waals surface area contributed by atoms with Gasteiger partial charge in [-0.1, -0.05) is 61.7 Å². The van der Waals surface area contributed by atoms with E-state index in [2.05, 4.69) is 5.32 Å². The van der Waals surface area contributed by atoms with E-state index in [9.17, 15) is 14.0 Å². The average molecular weight is 397 g/mol. The third-order valence-electron chi connectivity index (χ3n) is 5.58. The van der Waals surface area contributed by atoms with Gasteiger partial charge in [-0.2, -0.15) is 0 Å². The molecule has 3 rings (SSSR count). The molecule has 1 saturated carbocycles. The van der Waals surface area contributed by atoms with Crippen molar-refractivity contribution >= 4 is 11.8 Å². The molecule has 0 aromatic heterocycles. The van der Waals surface area contributed by atoms with Crippen molar-refractivity contribution in [3.05, 3.63) is 71.5 Å². The van der Waals surface area contributed by atoms with Crippen LogP contribution in [-0.2, 0) is 22.6 Å². The first-order chi connectivity index (χ1) is 14.0. The molecule has 1 unspecified atom stereocenters. The van der Waals surface area contributed by atoms with Crippen LogP contribution in [0.4, 0.5) is 4.39 Å². The van der Waals surface area contributed by atoms with E-state index in [4.69, 9.17) is 0 Å². The lowest BCUT2D eigenvalue weighted by Crippen LogP contribution is -2.50. The highest BCUT2D eigenvalue weighted by molar-refractivity contribution is 5.88. The Hall–Kier alpha value is -2.69. The normalized spacial score (nSPS) is 15.5. The van der Waals surface area contributed by atoms with E-state index < -0.39 is 6.04 Å². The van der Waals surface area contributed by atoms with E-state index in [1.165, 1.54) is 18.6 Å². The van der Waals surface area contributed by atoms with Crippen LogP contribution in [0.1, 0.15) is 50.2 Å². The number of carbonyl (C=O) groups excluding carboxylic acids is 2. The van der Waals surface area contributed by atoms with Gasteiger partial charge in [-0.25, -0.2) is 4.39 Å². The zero-order valence-corrected chi connectivity index (χ0v) is 16.9. The molecular formula is C24H29FN2O2. The Morgan fingerprint density at radius 2 is 1.66 bits per heavy atom. The Morgan fingerprint density at radius 3 is 2.31 bits per heavy atom. The number of nitrogens with one attached hydrogen (secondary N) is 1. The average Bonchev–Trinajstić information content (AvgIpc) is 2.74. The largest absolute Gasteiger partial charge is 0.352 e. The lowest BCUT2D eigenvalue weighted by atomic mass is 9.95. The van der Waals surface area contributed by atoms with Gasteiger partial charge in [0.25, 0.3) is 0 Å². The number of hydrogen-bond acceptors (Lipinski definition) is 2. The van der Waals surface area contributed by atoms with Gasteiger partial charge in [-0.05, 0) is 43.0 Å². The van der Waals surface area contributed by atoms with Gasteiger partial charge < -0.3 is 10.2 Å². The lowest BCUT2D eigenvalue weighted by Gasteiger charge is -2.31. The SMILES string of the molecule is CC(C(=O)NC1CCCCC1)N(Cc1ccccc1)C(=O)Cc1ccc(F)cc1. The molecular weight excluding hydrogens is 367 g/mol. The molecule has 154 valence electrons. The first-order valence-electron chi connectivity index (χ1n) is 10.4. The first kappa shape index (κ1) is 21.0. The summed E-state index contributed by atoms with van der Waals surface area (Å²) in [4.78, 5) is 27.6. The van der Waals surface area contributed by atoms with Crippen molar-refractivity contribution in [2.24, 2.45) is 0 Å². The number of hydrogen-bond donors (Lipinski definition) is 1. The van der Waals surface area contributed by atoms with Gasteiger partial charge >= 0.3 is 0 Å². The molecule has 1 atom stereocenters. The molecule has 1 fully saturated rings. The fraction of sp³-hybridized carbons (Fsp3) is 0.417. The number of halogens is 1. The number of amides is 2. The van der Waals surface area contributed by atoms with Gasteiger partial charge in [0.05, 0.1) is 6.42 Å². The molecule has 0 spiro atoms. The second kappa shape index (κ2) is 10.2. The van der Waals surface area contributed by atoms with Crippen LogP contribution in [0.5, 0.6) is 0 Å². The second-order valence-electron chi connectivity index (χ2n) is 7.83. The smallest absolute Gasteiger partial charge is 0.242 e. The molecule has 2 aromatic carbocycles. The van der Waals surface area contributed by atoms with E-state index in [1.807, 2.05) is 30.3 Å². The Kier molecular flexibility index (Phi) is 7.39. The Bertz CT molecular complexity index is 801. The third-order valence-corrected chi connectivity index (χ3v) is 5.58. The fourth-order valence-electron chi connectivity index (χ4n) is 3.81. The summed E-state index contributed by atoms with van der Waals surface area (Å²) < 4.78 is 13.2. The molecule has 4 nitrogen and oxygen atoms in total. The Morgan fingerprint density at radius 1 is 1.00 bits per heavy atom. The van der Waals surface area contributed by atoms with Gasteiger partial charge in [0.2, 0.25) is 11.8 Å². The summed E-state index contributed by atoms with van der Waals surface area (Å²) in [6.07, 6.45) is 5.63. The second-order valence-corrected chi connectivity index (χ2v) is 7.83. The summed E-state index contributed by atoms with van der Waals surface area (Å²) in [5, 5.41) is 3.13. The highest BCUT2D eigenvalue weighted by atomic mass is 19.1. The third kappa shape index (κ3) is 6.14. The molecule has 0 bridgehead atoms. The minimum Gasteiger partial charge on any atom is -0.352 e. The molecule has 1 aliphatic carbocycles. The van der Waals surface area contributed by atoms with E-state index >= 15 is 0 Å². The summed E-state index contributed by atoms with van der Waals surface area (Å²) in [7, 11) is 0. The quantitative estimate of drug-likeness (QED) is 0.761. The van der Waals surface area contributed by atoms with Gasteiger partial charge in [-0.3, -0.25) is 9.59 Å². The van der Waals surface area contributed by atoms with E-state index in [-0.39, 0.29) is 30.1 Å². The zero-order chi connectivity index (χ0) is 20.6. The van der Waals surface area contributed by atoms with Crippen LogP contribution in [0.3, 0.4) is 0 Å². The van der Waals surface area contributed by atoms with E-state index in [0.29, 0.717) is 6.54 Å². The zero-order valence-electron chi connectivity index (χ0n) is 16.9. The van der Waals surface area contributed by atoms with Gasteiger partial charge in [-0.15, -0.1) is 0 Å². The van der Waals surface area contributed by atoms with Crippen LogP contribution in [0.25, 0.3) is 0 Å². The van der Waals surface area contributed by atoms with Crippen molar-refractivity contribution in [1.82, 2.24) is 10.2 Å². The molecule has 2 aromatic rings. The monoisotopic (exact) mass is 396 g/mol. The maximum atomic E-state index is 13.2. The van der Waals surface area contributed by atoms with Crippen LogP contribution >= 0.6 is 0 Å². The maximum absolute atomic E-state index is 13.2. The molecule has 5 heteroatoms. The molecule has 0 radical (unpaired) electrons. The minimum atomic E-state index is -0.579. The van der Waals surface area contributed by atoms with Crippen molar-refractivity contribution in [2.45, 2.75) is 64.1 Å². The van der Waals surface area contributed by atoms with Crippen LogP contribution < -0.4 is 5.32 Å². The van der Waals surface area contributed by atoms with Crippen molar-refractivity contribution in [3.63, 3.8) is 0 Å². The molecule has 1 aliphatic rings. The van der Waals surface area contributed by atoms with Crippen molar-refractivity contribution in [1.29, 1.82) is 0 Å². The summed E-state index contributed by atoms with van der Waals surface area (Å²) in [6.45, 7) is 2.14. The van der Waals surface area contributed by atoms with Gasteiger partial charge in [0, 0.05) is 12.6 Å². The van der Waals surface area contributed by atoms with E-state index in [1.54, 1.807) is 24.0 Å². The van der Waals surface area contributed by atoms with Crippen molar-refractivity contribution < 1.29 is 14.0 Å². The number of rotatable bonds is 7. The topological polar surface area (TPSA) is 49.4 Å². The Balaban J connectivity index is 1.72. The van der Waals surface area contributed by atoms with E-state index in [0.717, 1.165) is 36.8 Å². The molecule has 0 heterocycles. The first-order valence-corrected chi connectivity index (χ1v) is 10.4. The number of benzene rings is 2. The summed E-state index contributed by atoms with van der Waals surface area (Å²) in [5.74, 6) is -0.588. The summed E-state index contributed by atoms with van der Waals surface area (Å²) in [5.41, 5.74) is 1.70. The minimum absolute atomic E-state index is 0.111. The highest BCUT2D eigenvalue weighted by Gasteiger charge is 2.28. The van der Waals surface area contributed by atoms with Crippen LogP contribution in [0.15, 0.2) is 54.6 Å². The molecule has 2 amide bonds. The van der Waals surface area contributed by atoms with Crippen LogP contribution in [0.2, 0.25) is 0 Å². The van der Waals surface area contributed by atoms with Crippen LogP contribution in [0, 0.1) is 5.82 Å². The number of nitrogens with zero attached hydrogens (tertiary/aromatic N) is 1. The lowest BCUT2D eigenvalue weighted by molar-refractivity contribution is -0.140. The number of carbonyl (C=O) groups is 2. The Labute approximate surface area is 172 Å². The molecule has 0 saturated heterocycles. The van der Waals surface area contributed by atoms with Crippen LogP contribution in [-0.4, -0.2) is 28.8 Å².